The molecule has 0 atom stereocenters. The number of rotatable bonds is 3. The lowest BCUT2D eigenvalue weighted by molar-refractivity contribution is 0.231. The topological polar surface area (TPSA) is 23.5 Å². The van der Waals surface area contributed by atoms with Crippen LogP contribution in [0.3, 0.4) is 0 Å². The summed E-state index contributed by atoms with van der Waals surface area (Å²) in [6, 6.07) is 5.78. The summed E-state index contributed by atoms with van der Waals surface area (Å²) in [5.41, 5.74) is 1.29. The molecule has 1 fully saturated rings. The molecule has 1 aliphatic heterocycles. The third-order valence-electron chi connectivity index (χ3n) is 3.18. The Bertz CT molecular complexity index is 348. The summed E-state index contributed by atoms with van der Waals surface area (Å²) in [6.45, 7) is 3.63. The van der Waals surface area contributed by atoms with Gasteiger partial charge in [0, 0.05) is 6.54 Å². The van der Waals surface area contributed by atoms with Crippen molar-refractivity contribution in [2.45, 2.75) is 25.7 Å². The van der Waals surface area contributed by atoms with Crippen LogP contribution in [-0.2, 0) is 6.42 Å². The minimum Gasteiger partial charge on any atom is -0.507 e. The van der Waals surface area contributed by atoms with Gasteiger partial charge in [-0.1, -0.05) is 12.5 Å². The number of nitrogens with zero attached hydrogens (tertiary/aromatic N) is 1. The molecule has 16 heavy (non-hydrogen) atoms. The Balaban J connectivity index is 1.86. The number of aromatic hydroxyl groups is 1. The molecule has 3 heteroatoms. The van der Waals surface area contributed by atoms with Gasteiger partial charge in [0.05, 0.1) is 4.47 Å². The van der Waals surface area contributed by atoms with Gasteiger partial charge in [0.2, 0.25) is 0 Å². The van der Waals surface area contributed by atoms with E-state index in [1.807, 2.05) is 12.1 Å². The van der Waals surface area contributed by atoms with Crippen LogP contribution in [0.1, 0.15) is 24.8 Å². The molecule has 1 aromatic carbocycles. The maximum Gasteiger partial charge on any atom is 0.129 e. The van der Waals surface area contributed by atoms with Gasteiger partial charge in [0.1, 0.15) is 5.75 Å². The SMILES string of the molecule is Oc1ccc(CCN2CCCCC2)cc1Br. The first kappa shape index (κ1) is 11.9. The van der Waals surface area contributed by atoms with Crippen molar-refractivity contribution >= 4 is 15.9 Å². The summed E-state index contributed by atoms with van der Waals surface area (Å²) in [7, 11) is 0. The van der Waals surface area contributed by atoms with Crippen molar-refractivity contribution < 1.29 is 5.11 Å². The highest BCUT2D eigenvalue weighted by molar-refractivity contribution is 9.10. The molecular weight excluding hydrogens is 266 g/mol. The molecule has 0 spiro atoms. The number of hydrogen-bond acceptors (Lipinski definition) is 2. The highest BCUT2D eigenvalue weighted by atomic mass is 79.9. The zero-order valence-electron chi connectivity index (χ0n) is 9.45. The zero-order valence-corrected chi connectivity index (χ0v) is 11.0. The lowest BCUT2D eigenvalue weighted by Gasteiger charge is -2.26. The highest BCUT2D eigenvalue weighted by Crippen LogP contribution is 2.24. The Hall–Kier alpha value is -0.540. The lowest BCUT2D eigenvalue weighted by Crippen LogP contribution is -2.31. The Morgan fingerprint density at radius 3 is 2.62 bits per heavy atom. The Kier molecular flexibility index (Phi) is 4.24. The number of piperidine rings is 1. The molecule has 0 amide bonds. The van der Waals surface area contributed by atoms with Crippen LogP contribution in [0.2, 0.25) is 0 Å². The van der Waals surface area contributed by atoms with Gasteiger partial charge in [0.15, 0.2) is 0 Å². The van der Waals surface area contributed by atoms with Crippen LogP contribution in [-0.4, -0.2) is 29.6 Å². The van der Waals surface area contributed by atoms with Gasteiger partial charge in [-0.15, -0.1) is 0 Å². The van der Waals surface area contributed by atoms with E-state index < -0.39 is 0 Å². The van der Waals surface area contributed by atoms with E-state index >= 15 is 0 Å². The molecule has 1 saturated heterocycles. The van der Waals surface area contributed by atoms with Gasteiger partial charge >= 0.3 is 0 Å². The van der Waals surface area contributed by atoms with Crippen LogP contribution in [0, 0.1) is 0 Å². The summed E-state index contributed by atoms with van der Waals surface area (Å²) in [5.74, 6) is 0.321. The maximum atomic E-state index is 9.40. The van der Waals surface area contributed by atoms with Gasteiger partial charge in [-0.05, 0) is 66.0 Å². The predicted molar refractivity (Wildman–Crippen MR) is 69.8 cm³/mol. The molecule has 0 unspecified atom stereocenters. The van der Waals surface area contributed by atoms with Crippen molar-refractivity contribution in [3.63, 3.8) is 0 Å². The molecule has 0 bridgehead atoms. The molecule has 1 aliphatic rings. The van der Waals surface area contributed by atoms with Gasteiger partial charge < -0.3 is 10.0 Å². The maximum absolute atomic E-state index is 9.40. The Morgan fingerprint density at radius 2 is 1.94 bits per heavy atom. The first-order valence-corrected chi connectivity index (χ1v) is 6.75. The standard InChI is InChI=1S/C13H18BrNO/c14-12-10-11(4-5-13(12)16)6-9-15-7-2-1-3-8-15/h4-5,10,16H,1-3,6-9H2. The average molecular weight is 284 g/mol. The summed E-state index contributed by atoms with van der Waals surface area (Å²) in [5, 5.41) is 9.40. The van der Waals surface area contributed by atoms with Crippen LogP contribution in [0.4, 0.5) is 0 Å². The van der Waals surface area contributed by atoms with Crippen LogP contribution in [0.25, 0.3) is 0 Å². The number of halogens is 1. The second kappa shape index (κ2) is 5.69. The number of likely N-dealkylation sites (tertiary alicyclic amines) is 1. The van der Waals surface area contributed by atoms with Crippen LogP contribution < -0.4 is 0 Å². The van der Waals surface area contributed by atoms with Crippen LogP contribution >= 0.6 is 15.9 Å². The van der Waals surface area contributed by atoms with Crippen molar-refractivity contribution in [2.75, 3.05) is 19.6 Å². The smallest absolute Gasteiger partial charge is 0.129 e. The predicted octanol–water partition coefficient (Wildman–Crippen LogP) is 3.18. The van der Waals surface area contributed by atoms with Gasteiger partial charge in [-0.25, -0.2) is 0 Å². The van der Waals surface area contributed by atoms with Crippen molar-refractivity contribution in [3.05, 3.63) is 28.2 Å². The highest BCUT2D eigenvalue weighted by Gasteiger charge is 2.09. The van der Waals surface area contributed by atoms with Crippen molar-refractivity contribution in [1.29, 1.82) is 0 Å². The summed E-state index contributed by atoms with van der Waals surface area (Å²) in [4.78, 5) is 2.53. The molecule has 0 saturated carbocycles. The molecule has 2 nitrogen and oxygen atoms in total. The normalized spacial score (nSPS) is 17.6. The second-order valence-electron chi connectivity index (χ2n) is 4.44. The molecule has 0 radical (unpaired) electrons. The third kappa shape index (κ3) is 3.22. The van der Waals surface area contributed by atoms with Gasteiger partial charge in [-0.3, -0.25) is 0 Å². The van der Waals surface area contributed by atoms with E-state index in [-0.39, 0.29) is 0 Å². The molecule has 0 aliphatic carbocycles. The monoisotopic (exact) mass is 283 g/mol. The average Bonchev–Trinajstić information content (AvgIpc) is 2.32. The summed E-state index contributed by atoms with van der Waals surface area (Å²) >= 11 is 3.35. The molecule has 88 valence electrons. The van der Waals surface area contributed by atoms with E-state index in [4.69, 9.17) is 0 Å². The van der Waals surface area contributed by atoms with Gasteiger partial charge in [0.25, 0.3) is 0 Å². The number of hydrogen-bond donors (Lipinski definition) is 1. The minimum atomic E-state index is 0.321. The second-order valence-corrected chi connectivity index (χ2v) is 5.29. The number of benzene rings is 1. The first-order chi connectivity index (χ1) is 7.75. The Labute approximate surface area is 105 Å². The number of phenolic OH excluding ortho intramolecular Hbond substituents is 1. The Morgan fingerprint density at radius 1 is 1.19 bits per heavy atom. The number of phenols is 1. The first-order valence-electron chi connectivity index (χ1n) is 5.95. The van der Waals surface area contributed by atoms with Crippen LogP contribution in [0.5, 0.6) is 5.75 Å². The van der Waals surface area contributed by atoms with E-state index in [1.165, 1.54) is 37.9 Å². The van der Waals surface area contributed by atoms with E-state index in [9.17, 15) is 5.11 Å². The largest absolute Gasteiger partial charge is 0.507 e. The van der Waals surface area contributed by atoms with E-state index in [0.29, 0.717) is 5.75 Å². The zero-order chi connectivity index (χ0) is 11.4. The molecular formula is C13H18BrNO. The fraction of sp³-hybridized carbons (Fsp3) is 0.538. The molecule has 1 heterocycles. The molecule has 0 aromatic heterocycles. The summed E-state index contributed by atoms with van der Waals surface area (Å²) < 4.78 is 0.795. The molecule has 1 N–H and O–H groups in total. The van der Waals surface area contributed by atoms with E-state index in [1.54, 1.807) is 6.07 Å². The van der Waals surface area contributed by atoms with Crippen molar-refractivity contribution in [3.8, 4) is 5.75 Å². The molecule has 1 aromatic rings. The van der Waals surface area contributed by atoms with Crippen molar-refractivity contribution in [1.82, 2.24) is 4.90 Å². The fourth-order valence-corrected chi connectivity index (χ4v) is 2.60. The van der Waals surface area contributed by atoms with Crippen LogP contribution in [0.15, 0.2) is 22.7 Å². The quantitative estimate of drug-likeness (QED) is 0.921. The van der Waals surface area contributed by atoms with E-state index in [0.717, 1.165) is 17.4 Å². The van der Waals surface area contributed by atoms with E-state index in [2.05, 4.69) is 20.8 Å². The van der Waals surface area contributed by atoms with Crippen molar-refractivity contribution in [2.24, 2.45) is 0 Å². The molecule has 2 rings (SSSR count). The fourth-order valence-electron chi connectivity index (χ4n) is 2.18. The lowest BCUT2D eigenvalue weighted by atomic mass is 10.1. The van der Waals surface area contributed by atoms with Gasteiger partial charge in [-0.2, -0.15) is 0 Å². The summed E-state index contributed by atoms with van der Waals surface area (Å²) in [6.07, 6.45) is 5.15. The third-order valence-corrected chi connectivity index (χ3v) is 3.81. The minimum absolute atomic E-state index is 0.321.